The molecule has 0 saturated carbocycles. The summed E-state index contributed by atoms with van der Waals surface area (Å²) in [7, 11) is 1.97. The van der Waals surface area contributed by atoms with E-state index >= 15 is 0 Å². The van der Waals surface area contributed by atoms with Gasteiger partial charge in [-0.1, -0.05) is 13.8 Å². The van der Waals surface area contributed by atoms with Crippen LogP contribution in [0.3, 0.4) is 0 Å². The van der Waals surface area contributed by atoms with E-state index in [1.807, 2.05) is 7.05 Å². The molecular weight excluding hydrogens is 212 g/mol. The van der Waals surface area contributed by atoms with Gasteiger partial charge in [-0.15, -0.1) is 0 Å². The molecule has 2 rings (SSSR count). The number of piperidine rings is 1. The zero-order valence-corrected chi connectivity index (χ0v) is 11.3. The highest BCUT2D eigenvalue weighted by Gasteiger charge is 2.25. The highest BCUT2D eigenvalue weighted by molar-refractivity contribution is 5.16. The Hall–Kier alpha value is -0.800. The molecule has 96 valence electrons. The molecular formula is C14H24N2O. The lowest BCUT2D eigenvalue weighted by Gasteiger charge is -2.36. The first-order valence-corrected chi connectivity index (χ1v) is 6.53. The minimum absolute atomic E-state index is 0.521. The zero-order valence-electron chi connectivity index (χ0n) is 11.3. The molecule has 0 spiro atoms. The molecule has 0 radical (unpaired) electrons. The molecule has 1 fully saturated rings. The second-order valence-corrected chi connectivity index (χ2v) is 5.84. The van der Waals surface area contributed by atoms with Crippen LogP contribution in [-0.4, -0.2) is 25.0 Å². The predicted octanol–water partition coefficient (Wildman–Crippen LogP) is 2.62. The minimum atomic E-state index is 0.521. The van der Waals surface area contributed by atoms with E-state index in [9.17, 15) is 0 Å². The van der Waals surface area contributed by atoms with Crippen LogP contribution in [0.2, 0.25) is 0 Å². The van der Waals surface area contributed by atoms with Crippen molar-refractivity contribution >= 4 is 0 Å². The third kappa shape index (κ3) is 3.33. The molecule has 1 aliphatic rings. The fraction of sp³-hybridized carbons (Fsp3) is 0.714. The van der Waals surface area contributed by atoms with Gasteiger partial charge >= 0.3 is 0 Å². The summed E-state index contributed by atoms with van der Waals surface area (Å²) in [6.45, 7) is 8.96. The van der Waals surface area contributed by atoms with E-state index in [4.69, 9.17) is 4.42 Å². The maximum absolute atomic E-state index is 5.59. The van der Waals surface area contributed by atoms with Crippen molar-refractivity contribution in [2.45, 2.75) is 39.8 Å². The van der Waals surface area contributed by atoms with Gasteiger partial charge in [0.1, 0.15) is 5.76 Å². The van der Waals surface area contributed by atoms with Crippen molar-refractivity contribution in [3.8, 4) is 0 Å². The normalized spacial score (nSPS) is 20.6. The number of rotatable bonds is 4. The van der Waals surface area contributed by atoms with Crippen molar-refractivity contribution in [3.63, 3.8) is 0 Å². The summed E-state index contributed by atoms with van der Waals surface area (Å²) in [5.74, 6) is 1.12. The van der Waals surface area contributed by atoms with Gasteiger partial charge in [0.05, 0.1) is 12.8 Å². The molecule has 0 atom stereocenters. The topological polar surface area (TPSA) is 28.4 Å². The Kier molecular flexibility index (Phi) is 3.89. The van der Waals surface area contributed by atoms with Gasteiger partial charge in [-0.25, -0.2) is 0 Å². The van der Waals surface area contributed by atoms with E-state index in [1.54, 1.807) is 6.26 Å². The highest BCUT2D eigenvalue weighted by atomic mass is 16.3. The van der Waals surface area contributed by atoms with E-state index in [0.29, 0.717) is 5.41 Å². The third-order valence-corrected chi connectivity index (χ3v) is 3.78. The lowest BCUT2D eigenvalue weighted by molar-refractivity contribution is 0.120. The van der Waals surface area contributed by atoms with E-state index in [-0.39, 0.29) is 0 Å². The van der Waals surface area contributed by atoms with Crippen LogP contribution in [-0.2, 0) is 13.1 Å². The van der Waals surface area contributed by atoms with E-state index in [1.165, 1.54) is 31.5 Å². The molecule has 0 unspecified atom stereocenters. The fourth-order valence-corrected chi connectivity index (χ4v) is 2.37. The predicted molar refractivity (Wildman–Crippen MR) is 69.8 cm³/mol. The molecule has 1 N–H and O–H groups in total. The molecule has 1 aromatic heterocycles. The largest absolute Gasteiger partial charge is 0.468 e. The summed E-state index contributed by atoms with van der Waals surface area (Å²) in [6, 6.07) is 2.07. The molecule has 1 aromatic rings. The van der Waals surface area contributed by atoms with Crippen molar-refractivity contribution in [2.24, 2.45) is 5.41 Å². The average Bonchev–Trinajstić information content (AvgIpc) is 2.70. The van der Waals surface area contributed by atoms with Crippen molar-refractivity contribution in [1.29, 1.82) is 0 Å². The summed E-state index contributed by atoms with van der Waals surface area (Å²) >= 11 is 0. The first-order chi connectivity index (χ1) is 8.11. The van der Waals surface area contributed by atoms with Crippen LogP contribution in [0.25, 0.3) is 0 Å². The number of nitrogens with zero attached hydrogens (tertiary/aromatic N) is 1. The first-order valence-electron chi connectivity index (χ1n) is 6.53. The Labute approximate surface area is 104 Å². The number of hydrogen-bond donors (Lipinski definition) is 1. The fourth-order valence-electron chi connectivity index (χ4n) is 2.37. The minimum Gasteiger partial charge on any atom is -0.468 e. The van der Waals surface area contributed by atoms with Gasteiger partial charge in [-0.3, -0.25) is 4.90 Å². The van der Waals surface area contributed by atoms with Crippen molar-refractivity contribution in [1.82, 2.24) is 10.2 Å². The Balaban J connectivity index is 1.91. The molecule has 0 amide bonds. The van der Waals surface area contributed by atoms with Gasteiger partial charge in [0.25, 0.3) is 0 Å². The Morgan fingerprint density at radius 3 is 2.71 bits per heavy atom. The van der Waals surface area contributed by atoms with Gasteiger partial charge in [-0.2, -0.15) is 0 Å². The van der Waals surface area contributed by atoms with Crippen LogP contribution in [0.5, 0.6) is 0 Å². The van der Waals surface area contributed by atoms with Crippen molar-refractivity contribution in [2.75, 3.05) is 20.1 Å². The monoisotopic (exact) mass is 236 g/mol. The summed E-state index contributed by atoms with van der Waals surface area (Å²) in [5, 5.41) is 3.18. The smallest absolute Gasteiger partial charge is 0.122 e. The summed E-state index contributed by atoms with van der Waals surface area (Å²) in [5.41, 5.74) is 1.81. The van der Waals surface area contributed by atoms with Crippen molar-refractivity contribution < 1.29 is 4.42 Å². The van der Waals surface area contributed by atoms with E-state index < -0.39 is 0 Å². The van der Waals surface area contributed by atoms with Gasteiger partial charge in [-0.05, 0) is 44.5 Å². The standard InChI is InChI=1S/C14H24N2O/c1-14(2)5-7-16(8-6-14)11-13-12(10-15-3)4-9-17-13/h4,9,15H,5-8,10-11H2,1-3H3. The highest BCUT2D eigenvalue weighted by Crippen LogP contribution is 2.30. The van der Waals surface area contributed by atoms with E-state index in [0.717, 1.165) is 18.8 Å². The van der Waals surface area contributed by atoms with Crippen LogP contribution in [0, 0.1) is 5.41 Å². The molecule has 0 aliphatic carbocycles. The number of furan rings is 1. The Morgan fingerprint density at radius 1 is 1.35 bits per heavy atom. The number of hydrogen-bond acceptors (Lipinski definition) is 3. The van der Waals surface area contributed by atoms with Crippen LogP contribution < -0.4 is 5.32 Å². The summed E-state index contributed by atoms with van der Waals surface area (Å²) < 4.78 is 5.59. The Morgan fingerprint density at radius 2 is 2.06 bits per heavy atom. The van der Waals surface area contributed by atoms with Crippen molar-refractivity contribution in [3.05, 3.63) is 23.7 Å². The average molecular weight is 236 g/mol. The third-order valence-electron chi connectivity index (χ3n) is 3.78. The summed E-state index contributed by atoms with van der Waals surface area (Å²) in [6.07, 6.45) is 4.38. The van der Waals surface area contributed by atoms with Crippen LogP contribution >= 0.6 is 0 Å². The molecule has 0 bridgehead atoms. The lowest BCUT2D eigenvalue weighted by Crippen LogP contribution is -2.36. The van der Waals surface area contributed by atoms with Crippen LogP contribution in [0.4, 0.5) is 0 Å². The van der Waals surface area contributed by atoms with Crippen LogP contribution in [0.1, 0.15) is 38.0 Å². The quantitative estimate of drug-likeness (QED) is 0.871. The second-order valence-electron chi connectivity index (χ2n) is 5.84. The number of likely N-dealkylation sites (tertiary alicyclic amines) is 1. The molecule has 17 heavy (non-hydrogen) atoms. The summed E-state index contributed by atoms with van der Waals surface area (Å²) in [4.78, 5) is 2.50. The van der Waals surface area contributed by atoms with Crippen LogP contribution in [0.15, 0.2) is 16.7 Å². The zero-order chi connectivity index (χ0) is 12.3. The molecule has 1 aliphatic heterocycles. The number of nitrogens with one attached hydrogen (secondary N) is 1. The molecule has 1 saturated heterocycles. The van der Waals surface area contributed by atoms with Gasteiger partial charge < -0.3 is 9.73 Å². The van der Waals surface area contributed by atoms with Gasteiger partial charge in [0.15, 0.2) is 0 Å². The van der Waals surface area contributed by atoms with E-state index in [2.05, 4.69) is 30.1 Å². The van der Waals surface area contributed by atoms with Gasteiger partial charge in [0.2, 0.25) is 0 Å². The SMILES string of the molecule is CNCc1ccoc1CN1CCC(C)(C)CC1. The maximum Gasteiger partial charge on any atom is 0.122 e. The van der Waals surface area contributed by atoms with Gasteiger partial charge in [0, 0.05) is 12.1 Å². The molecule has 3 nitrogen and oxygen atoms in total. The lowest BCUT2D eigenvalue weighted by atomic mass is 9.82. The molecule has 0 aromatic carbocycles. The molecule has 3 heteroatoms. The first kappa shape index (κ1) is 12.7. The molecule has 2 heterocycles. The Bertz CT molecular complexity index is 347. The maximum atomic E-state index is 5.59. The second kappa shape index (κ2) is 5.23.